The zero-order chi connectivity index (χ0) is 33.8. The zero-order valence-electron chi connectivity index (χ0n) is 27.9. The number of benzene rings is 2. The highest BCUT2D eigenvalue weighted by atomic mass is 16.6. The van der Waals surface area contributed by atoms with Crippen LogP contribution in [0.1, 0.15) is 70.4 Å². The number of rotatable bonds is 4. The molecule has 1 aromatic heterocycles. The Morgan fingerprint density at radius 1 is 1.02 bits per heavy atom. The third kappa shape index (κ3) is 7.42. The Labute approximate surface area is 281 Å². The molecule has 10 heteroatoms. The number of aromatic nitrogens is 1. The highest BCUT2D eigenvalue weighted by Crippen LogP contribution is 2.38. The fourth-order valence-electron chi connectivity index (χ4n) is 7.11. The predicted octanol–water partition coefficient (Wildman–Crippen LogP) is 6.45. The molecule has 2 amide bonds. The van der Waals surface area contributed by atoms with Crippen LogP contribution in [0.15, 0.2) is 66.7 Å². The lowest BCUT2D eigenvalue weighted by molar-refractivity contribution is -0.150. The summed E-state index contributed by atoms with van der Waals surface area (Å²) < 4.78 is 19.0. The second-order valence-corrected chi connectivity index (χ2v) is 14.2. The van der Waals surface area contributed by atoms with Crippen LogP contribution in [0.4, 0.5) is 4.79 Å². The summed E-state index contributed by atoms with van der Waals surface area (Å²) in [6.07, 6.45) is 7.62. The molecule has 2 N–H and O–H groups in total. The van der Waals surface area contributed by atoms with Crippen LogP contribution in [-0.4, -0.2) is 63.8 Å². The first-order valence-corrected chi connectivity index (χ1v) is 17.0. The maximum Gasteiger partial charge on any atom is 0.408 e. The van der Waals surface area contributed by atoms with Crippen LogP contribution in [0.5, 0.6) is 11.6 Å². The number of amides is 2. The van der Waals surface area contributed by atoms with E-state index in [1.807, 2.05) is 75.4 Å². The van der Waals surface area contributed by atoms with Gasteiger partial charge in [0.1, 0.15) is 36.6 Å². The summed E-state index contributed by atoms with van der Waals surface area (Å²) >= 11 is 0. The van der Waals surface area contributed by atoms with E-state index < -0.39 is 41.6 Å². The predicted molar refractivity (Wildman–Crippen MR) is 181 cm³/mol. The van der Waals surface area contributed by atoms with Gasteiger partial charge in [-0.15, -0.1) is 0 Å². The molecule has 6 rings (SSSR count). The first-order chi connectivity index (χ1) is 23.1. The number of pyridine rings is 1. The van der Waals surface area contributed by atoms with Crippen molar-refractivity contribution in [1.82, 2.24) is 15.2 Å². The standard InChI is InChI=1S/C38H45N3O7/c1-38(2,3)33-35(42)41-22-26(21-30(41)36(43)44)47-34-28(18-9-5-8-15-25-16-12-20-31(25)48-37(45)40-33)32(27-17-10-11-19-29(27)39-34)46-23-24-13-6-4-7-14-24/h4-7,9-11,13-14,17,19,25-26,30-31,33H,8,12,15-16,18,20-23H2,1-3H3,(H,40,45)(H,43,44)/b9-5+/t25-,26-,30+,31-,33-/m1/s1. The minimum Gasteiger partial charge on any atom is -0.488 e. The van der Waals surface area contributed by atoms with Crippen molar-refractivity contribution in [3.63, 3.8) is 0 Å². The van der Waals surface area contributed by atoms with Gasteiger partial charge in [-0.1, -0.05) is 75.4 Å². The van der Waals surface area contributed by atoms with Crippen molar-refractivity contribution in [2.75, 3.05) is 6.54 Å². The number of hydrogen-bond acceptors (Lipinski definition) is 7. The number of carbonyl (C=O) groups is 3. The second-order valence-electron chi connectivity index (χ2n) is 14.2. The van der Waals surface area contributed by atoms with Gasteiger partial charge in [0.2, 0.25) is 11.8 Å². The zero-order valence-corrected chi connectivity index (χ0v) is 27.9. The van der Waals surface area contributed by atoms with Gasteiger partial charge in [-0.2, -0.15) is 0 Å². The Hall–Kier alpha value is -4.60. The van der Waals surface area contributed by atoms with E-state index in [9.17, 15) is 19.5 Å². The number of nitrogens with one attached hydrogen (secondary N) is 1. The molecule has 3 aliphatic rings. The lowest BCUT2D eigenvalue weighted by Gasteiger charge is -2.35. The number of ether oxygens (including phenoxy) is 3. The number of carboxylic acid groups (broad SMARTS) is 1. The van der Waals surface area contributed by atoms with Crippen LogP contribution in [0.2, 0.25) is 0 Å². The molecule has 2 bridgehead atoms. The summed E-state index contributed by atoms with van der Waals surface area (Å²) in [5, 5.41) is 13.9. The summed E-state index contributed by atoms with van der Waals surface area (Å²) in [4.78, 5) is 46.1. The maximum absolute atomic E-state index is 14.1. The van der Waals surface area contributed by atoms with E-state index in [1.165, 1.54) is 4.90 Å². The van der Waals surface area contributed by atoms with Gasteiger partial charge in [-0.3, -0.25) is 4.79 Å². The number of para-hydroxylation sites is 1. The van der Waals surface area contributed by atoms with E-state index in [0.717, 1.165) is 48.6 Å². The summed E-state index contributed by atoms with van der Waals surface area (Å²) in [5.74, 6) is -0.380. The van der Waals surface area contributed by atoms with Crippen LogP contribution in [0.25, 0.3) is 10.9 Å². The van der Waals surface area contributed by atoms with Crippen molar-refractivity contribution >= 4 is 28.9 Å². The van der Waals surface area contributed by atoms with E-state index in [1.54, 1.807) is 0 Å². The molecule has 48 heavy (non-hydrogen) atoms. The van der Waals surface area contributed by atoms with Crippen LogP contribution in [-0.2, 0) is 27.4 Å². The Bertz CT molecular complexity index is 1670. The molecule has 0 spiro atoms. The minimum absolute atomic E-state index is 0.0216. The molecule has 3 heterocycles. The van der Waals surface area contributed by atoms with E-state index in [4.69, 9.17) is 19.2 Å². The largest absolute Gasteiger partial charge is 0.488 e. The van der Waals surface area contributed by atoms with Gasteiger partial charge in [-0.25, -0.2) is 14.6 Å². The van der Waals surface area contributed by atoms with Crippen molar-refractivity contribution in [3.05, 3.63) is 77.9 Å². The topological polar surface area (TPSA) is 127 Å². The van der Waals surface area contributed by atoms with Gasteiger partial charge >= 0.3 is 12.1 Å². The quantitative estimate of drug-likeness (QED) is 0.307. The molecule has 3 aromatic rings. The van der Waals surface area contributed by atoms with Crippen LogP contribution in [0.3, 0.4) is 0 Å². The summed E-state index contributed by atoms with van der Waals surface area (Å²) in [6.45, 7) is 5.90. The van der Waals surface area contributed by atoms with Gasteiger partial charge in [0.05, 0.1) is 17.6 Å². The Balaban J connectivity index is 1.40. The van der Waals surface area contributed by atoms with Crippen LogP contribution in [0, 0.1) is 11.3 Å². The summed E-state index contributed by atoms with van der Waals surface area (Å²) in [6, 6.07) is 15.5. The van der Waals surface area contributed by atoms with Crippen molar-refractivity contribution < 1.29 is 33.7 Å². The normalized spacial score (nSPS) is 25.9. The van der Waals surface area contributed by atoms with Gasteiger partial charge in [-0.05, 0) is 67.6 Å². The van der Waals surface area contributed by atoms with Crippen molar-refractivity contribution in [3.8, 4) is 11.6 Å². The third-order valence-corrected chi connectivity index (χ3v) is 9.65. The number of allylic oxidation sites excluding steroid dienone is 2. The maximum atomic E-state index is 14.1. The summed E-state index contributed by atoms with van der Waals surface area (Å²) in [7, 11) is 0. The molecule has 1 saturated carbocycles. The lowest BCUT2D eigenvalue weighted by atomic mass is 9.85. The average Bonchev–Trinajstić information content (AvgIpc) is 3.69. The molecular formula is C38H45N3O7. The summed E-state index contributed by atoms with van der Waals surface area (Å²) in [5.41, 5.74) is 1.76. The monoisotopic (exact) mass is 655 g/mol. The molecule has 2 aliphatic heterocycles. The highest BCUT2D eigenvalue weighted by Gasteiger charge is 2.46. The second kappa shape index (κ2) is 14.3. The number of hydrogen-bond donors (Lipinski definition) is 2. The molecule has 1 aliphatic carbocycles. The molecular weight excluding hydrogens is 610 g/mol. The number of aliphatic carboxylic acids is 1. The Kier molecular flexibility index (Phi) is 9.89. The fraction of sp³-hybridized carbons (Fsp3) is 0.474. The van der Waals surface area contributed by atoms with Gasteiger partial charge in [0, 0.05) is 11.8 Å². The fourth-order valence-corrected chi connectivity index (χ4v) is 7.11. The molecule has 254 valence electrons. The Morgan fingerprint density at radius 2 is 1.79 bits per heavy atom. The number of nitrogens with zero attached hydrogens (tertiary/aromatic N) is 2. The number of carboxylic acids is 1. The first-order valence-electron chi connectivity index (χ1n) is 17.0. The minimum atomic E-state index is -1.14. The van der Waals surface area contributed by atoms with Gasteiger partial charge in [0.15, 0.2) is 0 Å². The van der Waals surface area contributed by atoms with Gasteiger partial charge < -0.3 is 29.5 Å². The molecule has 2 aromatic carbocycles. The number of alkyl carbamates (subject to hydrolysis) is 1. The molecule has 1 saturated heterocycles. The lowest BCUT2D eigenvalue weighted by Crippen LogP contribution is -2.57. The van der Waals surface area contributed by atoms with E-state index in [-0.39, 0.29) is 25.0 Å². The first kappa shape index (κ1) is 33.3. The Morgan fingerprint density at radius 3 is 2.56 bits per heavy atom. The van der Waals surface area contributed by atoms with Crippen LogP contribution < -0.4 is 14.8 Å². The van der Waals surface area contributed by atoms with E-state index in [0.29, 0.717) is 30.2 Å². The average molecular weight is 656 g/mol. The van der Waals surface area contributed by atoms with Gasteiger partial charge in [0.25, 0.3) is 0 Å². The third-order valence-electron chi connectivity index (χ3n) is 9.65. The van der Waals surface area contributed by atoms with Crippen molar-refractivity contribution in [2.45, 2.75) is 96.6 Å². The van der Waals surface area contributed by atoms with Crippen molar-refractivity contribution in [2.24, 2.45) is 11.3 Å². The van der Waals surface area contributed by atoms with Crippen molar-refractivity contribution in [1.29, 1.82) is 0 Å². The number of carbonyl (C=O) groups excluding carboxylic acids is 2. The van der Waals surface area contributed by atoms with E-state index >= 15 is 0 Å². The molecule has 2 fully saturated rings. The molecule has 5 atom stereocenters. The van der Waals surface area contributed by atoms with E-state index in [2.05, 4.69) is 17.5 Å². The molecule has 0 unspecified atom stereocenters. The van der Waals surface area contributed by atoms with Crippen LogP contribution >= 0.6 is 0 Å². The smallest absolute Gasteiger partial charge is 0.408 e. The molecule has 10 nitrogen and oxygen atoms in total. The highest BCUT2D eigenvalue weighted by molar-refractivity contribution is 5.91. The number of fused-ring (bicyclic) bond motifs is 5. The SMILES string of the molecule is CC(C)(C)[C@@H]1NC(=O)O[C@@H]2CCC[C@H]2CC/C=C/Cc2c(nc3ccccc3c2OCc2ccccc2)O[C@@H]2C[C@@H](C(=O)O)N(C2)C1=O. The molecule has 0 radical (unpaired) electrons.